The van der Waals surface area contributed by atoms with Crippen LogP contribution in [0.25, 0.3) is 0 Å². The van der Waals surface area contributed by atoms with Crippen LogP contribution in [0.3, 0.4) is 0 Å². The number of likely N-dealkylation sites (tertiary alicyclic amines) is 1. The summed E-state index contributed by atoms with van der Waals surface area (Å²) >= 11 is 0. The summed E-state index contributed by atoms with van der Waals surface area (Å²) in [6, 6.07) is 18.3. The zero-order chi connectivity index (χ0) is 16.6. The van der Waals surface area contributed by atoms with E-state index in [4.69, 9.17) is 4.74 Å². The van der Waals surface area contributed by atoms with Gasteiger partial charge in [0.05, 0.1) is 0 Å². The van der Waals surface area contributed by atoms with E-state index in [-0.39, 0.29) is 12.5 Å². The first kappa shape index (κ1) is 16.6. The minimum absolute atomic E-state index is 0.103. The van der Waals surface area contributed by atoms with Crippen LogP contribution in [0, 0.1) is 0 Å². The number of benzene rings is 2. The van der Waals surface area contributed by atoms with E-state index in [0.717, 1.165) is 43.7 Å². The average molecular weight is 323 g/mol. The van der Waals surface area contributed by atoms with Gasteiger partial charge in [0.15, 0.2) is 6.61 Å². The van der Waals surface area contributed by atoms with Gasteiger partial charge in [-0.3, -0.25) is 4.79 Å². The molecular weight excluding hydrogens is 298 g/mol. The van der Waals surface area contributed by atoms with Crippen molar-refractivity contribution in [2.75, 3.05) is 19.7 Å². The van der Waals surface area contributed by atoms with Crippen molar-refractivity contribution in [3.8, 4) is 5.75 Å². The Kier molecular flexibility index (Phi) is 5.89. The van der Waals surface area contributed by atoms with Crippen LogP contribution in [0.5, 0.6) is 5.75 Å². The Hall–Kier alpha value is -2.29. The first-order valence-electron chi connectivity index (χ1n) is 8.85. The Balaban J connectivity index is 1.61. The molecule has 0 unspecified atom stereocenters. The number of carbonyl (C=O) groups is 1. The van der Waals surface area contributed by atoms with Crippen molar-refractivity contribution in [1.29, 1.82) is 0 Å². The summed E-state index contributed by atoms with van der Waals surface area (Å²) in [5.41, 5.74) is 2.36. The van der Waals surface area contributed by atoms with Gasteiger partial charge in [-0.2, -0.15) is 0 Å². The Morgan fingerprint density at radius 2 is 1.54 bits per heavy atom. The number of hydrogen-bond acceptors (Lipinski definition) is 2. The van der Waals surface area contributed by atoms with Gasteiger partial charge in [0.2, 0.25) is 0 Å². The molecule has 1 aliphatic rings. The van der Waals surface area contributed by atoms with Crippen LogP contribution in [0.1, 0.15) is 36.8 Å². The van der Waals surface area contributed by atoms with Gasteiger partial charge in [-0.25, -0.2) is 0 Å². The van der Waals surface area contributed by atoms with Crippen molar-refractivity contribution in [2.24, 2.45) is 0 Å². The molecule has 1 heterocycles. The van der Waals surface area contributed by atoms with Crippen LogP contribution in [0.2, 0.25) is 0 Å². The molecule has 2 aromatic carbocycles. The molecule has 0 saturated carbocycles. The van der Waals surface area contributed by atoms with E-state index in [0.29, 0.717) is 0 Å². The fraction of sp³-hybridized carbons (Fsp3) is 0.381. The maximum Gasteiger partial charge on any atom is 0.260 e. The molecule has 1 saturated heterocycles. The number of amides is 1. The van der Waals surface area contributed by atoms with E-state index in [1.807, 2.05) is 41.3 Å². The van der Waals surface area contributed by atoms with Gasteiger partial charge in [-0.15, -0.1) is 0 Å². The fourth-order valence-electron chi connectivity index (χ4n) is 3.16. The molecule has 24 heavy (non-hydrogen) atoms. The predicted octanol–water partition coefficient (Wildman–Crippen LogP) is 4.06. The molecule has 2 aromatic rings. The minimum Gasteiger partial charge on any atom is -0.483 e. The van der Waals surface area contributed by atoms with Gasteiger partial charge < -0.3 is 9.64 Å². The lowest BCUT2D eigenvalue weighted by molar-refractivity contribution is -0.133. The van der Waals surface area contributed by atoms with Crippen molar-refractivity contribution in [2.45, 2.75) is 32.1 Å². The molecule has 0 atom stereocenters. The summed E-state index contributed by atoms with van der Waals surface area (Å²) in [7, 11) is 0. The number of ether oxygens (including phenoxy) is 1. The van der Waals surface area contributed by atoms with Crippen molar-refractivity contribution in [3.05, 3.63) is 65.7 Å². The summed E-state index contributed by atoms with van der Waals surface area (Å²) < 4.78 is 5.87. The van der Waals surface area contributed by atoms with E-state index in [1.165, 1.54) is 18.4 Å². The van der Waals surface area contributed by atoms with Gasteiger partial charge in [0.25, 0.3) is 5.91 Å². The minimum atomic E-state index is 0.103. The van der Waals surface area contributed by atoms with Gasteiger partial charge in [0.1, 0.15) is 5.75 Å². The molecule has 1 amide bonds. The highest BCUT2D eigenvalue weighted by atomic mass is 16.5. The number of rotatable bonds is 5. The zero-order valence-electron chi connectivity index (χ0n) is 14.1. The normalized spacial score (nSPS) is 14.9. The lowest BCUT2D eigenvalue weighted by Gasteiger charge is -2.21. The van der Waals surface area contributed by atoms with Crippen molar-refractivity contribution < 1.29 is 9.53 Å². The summed E-state index contributed by atoms with van der Waals surface area (Å²) in [5, 5.41) is 0. The molecule has 0 aromatic heterocycles. The third kappa shape index (κ3) is 4.60. The second-order valence-electron chi connectivity index (χ2n) is 6.35. The Bertz CT molecular complexity index is 646. The molecular formula is C21H25NO2. The largest absolute Gasteiger partial charge is 0.483 e. The van der Waals surface area contributed by atoms with Crippen LogP contribution in [-0.2, 0) is 11.2 Å². The Morgan fingerprint density at radius 3 is 2.29 bits per heavy atom. The molecule has 3 nitrogen and oxygen atoms in total. The fourth-order valence-corrected chi connectivity index (χ4v) is 3.16. The SMILES string of the molecule is O=C(COc1ccccc1Cc1ccccc1)N1CCCCCC1. The maximum absolute atomic E-state index is 12.4. The second-order valence-corrected chi connectivity index (χ2v) is 6.35. The summed E-state index contributed by atoms with van der Waals surface area (Å²) in [6.45, 7) is 1.87. The van der Waals surface area contributed by atoms with Gasteiger partial charge in [-0.1, -0.05) is 61.4 Å². The highest BCUT2D eigenvalue weighted by Crippen LogP contribution is 2.21. The molecule has 0 aliphatic carbocycles. The van der Waals surface area contributed by atoms with E-state index in [2.05, 4.69) is 18.2 Å². The molecule has 1 fully saturated rings. The maximum atomic E-state index is 12.4. The quantitative estimate of drug-likeness (QED) is 0.830. The van der Waals surface area contributed by atoms with Crippen molar-refractivity contribution in [3.63, 3.8) is 0 Å². The third-order valence-electron chi connectivity index (χ3n) is 4.52. The summed E-state index contributed by atoms with van der Waals surface area (Å²) in [4.78, 5) is 14.3. The van der Waals surface area contributed by atoms with E-state index < -0.39 is 0 Å². The second kappa shape index (κ2) is 8.53. The van der Waals surface area contributed by atoms with Gasteiger partial charge in [0, 0.05) is 19.5 Å². The summed E-state index contributed by atoms with van der Waals surface area (Å²) in [5.74, 6) is 0.913. The monoisotopic (exact) mass is 323 g/mol. The molecule has 126 valence electrons. The number of hydrogen-bond donors (Lipinski definition) is 0. The van der Waals surface area contributed by atoms with Crippen LogP contribution < -0.4 is 4.74 Å². The standard InChI is InChI=1S/C21H25NO2/c23-21(22-14-8-1-2-9-15-22)17-24-20-13-7-6-12-19(20)16-18-10-4-3-5-11-18/h3-7,10-13H,1-2,8-9,14-17H2. The van der Waals surface area contributed by atoms with Crippen molar-refractivity contribution >= 4 is 5.91 Å². The van der Waals surface area contributed by atoms with Gasteiger partial charge >= 0.3 is 0 Å². The number of nitrogens with zero attached hydrogens (tertiary/aromatic N) is 1. The molecule has 0 spiro atoms. The van der Waals surface area contributed by atoms with Gasteiger partial charge in [-0.05, 0) is 30.0 Å². The van der Waals surface area contributed by atoms with Crippen LogP contribution in [-0.4, -0.2) is 30.5 Å². The predicted molar refractivity (Wildman–Crippen MR) is 96.2 cm³/mol. The number of carbonyl (C=O) groups excluding carboxylic acids is 1. The zero-order valence-corrected chi connectivity index (χ0v) is 14.1. The molecule has 0 bridgehead atoms. The number of para-hydroxylation sites is 1. The lowest BCUT2D eigenvalue weighted by Crippen LogP contribution is -2.35. The highest BCUT2D eigenvalue weighted by molar-refractivity contribution is 5.77. The highest BCUT2D eigenvalue weighted by Gasteiger charge is 2.16. The summed E-state index contributed by atoms with van der Waals surface area (Å²) in [6.07, 6.45) is 5.48. The average Bonchev–Trinajstić information content (AvgIpc) is 2.91. The van der Waals surface area contributed by atoms with Crippen LogP contribution >= 0.6 is 0 Å². The van der Waals surface area contributed by atoms with Crippen LogP contribution in [0.4, 0.5) is 0 Å². The molecule has 3 heteroatoms. The smallest absolute Gasteiger partial charge is 0.260 e. The Labute approximate surface area is 144 Å². The van der Waals surface area contributed by atoms with E-state index in [1.54, 1.807) is 0 Å². The van der Waals surface area contributed by atoms with E-state index in [9.17, 15) is 4.79 Å². The third-order valence-corrected chi connectivity index (χ3v) is 4.52. The lowest BCUT2D eigenvalue weighted by atomic mass is 10.0. The molecule has 0 N–H and O–H groups in total. The molecule has 1 aliphatic heterocycles. The first-order valence-corrected chi connectivity index (χ1v) is 8.85. The topological polar surface area (TPSA) is 29.5 Å². The molecule has 3 rings (SSSR count). The van der Waals surface area contributed by atoms with E-state index >= 15 is 0 Å². The van der Waals surface area contributed by atoms with Crippen LogP contribution in [0.15, 0.2) is 54.6 Å². The first-order chi connectivity index (χ1) is 11.8. The van der Waals surface area contributed by atoms with Crippen molar-refractivity contribution in [1.82, 2.24) is 4.90 Å². The molecule has 0 radical (unpaired) electrons. The Morgan fingerprint density at radius 1 is 0.875 bits per heavy atom.